The minimum absolute atomic E-state index is 0.109. The molecule has 0 aliphatic rings. The van der Waals surface area contributed by atoms with Crippen molar-refractivity contribution in [2.75, 3.05) is 0 Å². The van der Waals surface area contributed by atoms with E-state index in [9.17, 15) is 4.79 Å². The topological polar surface area (TPSA) is 45.8 Å². The first-order valence-electron chi connectivity index (χ1n) is 4.66. The number of hydrogen-bond acceptors (Lipinski definition) is 2. The molecule has 0 saturated heterocycles. The summed E-state index contributed by atoms with van der Waals surface area (Å²) in [6.45, 7) is 4.24. The van der Waals surface area contributed by atoms with Gasteiger partial charge in [-0.1, -0.05) is 13.8 Å². The summed E-state index contributed by atoms with van der Waals surface area (Å²) >= 11 is 0. The molecular formula is C11H12N2O. The van der Waals surface area contributed by atoms with Crippen LogP contribution in [0.5, 0.6) is 0 Å². The van der Waals surface area contributed by atoms with E-state index in [1.54, 1.807) is 6.07 Å². The number of pyridine rings is 2. The van der Waals surface area contributed by atoms with Crippen LogP contribution in [0.15, 0.2) is 29.2 Å². The van der Waals surface area contributed by atoms with Gasteiger partial charge >= 0.3 is 0 Å². The molecule has 0 spiro atoms. The number of H-pyrrole nitrogens is 1. The quantitative estimate of drug-likeness (QED) is 0.744. The van der Waals surface area contributed by atoms with E-state index in [1.807, 2.05) is 6.20 Å². The summed E-state index contributed by atoms with van der Waals surface area (Å²) < 4.78 is 0. The first-order valence-corrected chi connectivity index (χ1v) is 4.66. The van der Waals surface area contributed by atoms with Crippen LogP contribution in [-0.2, 0) is 0 Å². The summed E-state index contributed by atoms with van der Waals surface area (Å²) in [5.41, 5.74) is 1.73. The van der Waals surface area contributed by atoms with Crippen LogP contribution in [0, 0.1) is 0 Å². The van der Waals surface area contributed by atoms with Gasteiger partial charge in [0.2, 0.25) is 5.56 Å². The Hall–Kier alpha value is -1.64. The molecule has 0 aliphatic heterocycles. The molecule has 0 aromatic carbocycles. The van der Waals surface area contributed by atoms with E-state index >= 15 is 0 Å². The Bertz CT molecular complexity index is 514. The predicted octanol–water partition coefficient (Wildman–Crippen LogP) is 2.05. The smallest absolute Gasteiger partial charge is 0.249 e. The highest BCUT2D eigenvalue weighted by Gasteiger charge is 2.01. The number of nitrogens with zero attached hydrogens (tertiary/aromatic N) is 1. The summed E-state index contributed by atoms with van der Waals surface area (Å²) in [5.74, 6) is 0.457. The highest BCUT2D eigenvalue weighted by molar-refractivity contribution is 5.74. The van der Waals surface area contributed by atoms with Gasteiger partial charge in [-0.25, -0.2) is 4.98 Å². The second-order valence-electron chi connectivity index (χ2n) is 3.68. The van der Waals surface area contributed by atoms with E-state index in [2.05, 4.69) is 29.9 Å². The molecule has 72 valence electrons. The van der Waals surface area contributed by atoms with E-state index in [0.29, 0.717) is 11.6 Å². The summed E-state index contributed by atoms with van der Waals surface area (Å²) in [4.78, 5) is 17.9. The van der Waals surface area contributed by atoms with Crippen molar-refractivity contribution in [2.45, 2.75) is 19.8 Å². The molecule has 2 heterocycles. The molecule has 0 bridgehead atoms. The van der Waals surface area contributed by atoms with Gasteiger partial charge in [-0.2, -0.15) is 0 Å². The van der Waals surface area contributed by atoms with Gasteiger partial charge in [0.1, 0.15) is 5.65 Å². The molecule has 0 aliphatic carbocycles. The molecule has 0 fully saturated rings. The summed E-state index contributed by atoms with van der Waals surface area (Å²) in [5, 5.41) is 0.982. The van der Waals surface area contributed by atoms with Crippen LogP contribution in [0.4, 0.5) is 0 Å². The second-order valence-corrected chi connectivity index (χ2v) is 3.68. The summed E-state index contributed by atoms with van der Waals surface area (Å²) in [6.07, 6.45) is 1.81. The number of hydrogen-bond donors (Lipinski definition) is 1. The first-order chi connectivity index (χ1) is 6.66. The Balaban J connectivity index is 2.67. The summed E-state index contributed by atoms with van der Waals surface area (Å²) in [7, 11) is 0. The fourth-order valence-electron chi connectivity index (χ4n) is 1.37. The molecule has 2 rings (SSSR count). The molecule has 3 heteroatoms. The standard InChI is InChI=1S/C11H12N2O/c1-7(2)9-5-8-3-4-10(14)13-11(8)12-6-9/h3-7H,1-2H3,(H,12,13,14). The van der Waals surface area contributed by atoms with Gasteiger partial charge < -0.3 is 4.98 Å². The SMILES string of the molecule is CC(C)c1cnc2[nH]c(=O)ccc2c1. The minimum atomic E-state index is -0.109. The van der Waals surface area contributed by atoms with Gasteiger partial charge in [0.25, 0.3) is 0 Å². The minimum Gasteiger partial charge on any atom is -0.307 e. The van der Waals surface area contributed by atoms with Crippen LogP contribution in [0.1, 0.15) is 25.3 Å². The number of rotatable bonds is 1. The highest BCUT2D eigenvalue weighted by atomic mass is 16.1. The zero-order chi connectivity index (χ0) is 10.1. The van der Waals surface area contributed by atoms with Gasteiger partial charge in [0.15, 0.2) is 0 Å². The third-order valence-electron chi connectivity index (χ3n) is 2.26. The van der Waals surface area contributed by atoms with Crippen LogP contribution in [0.25, 0.3) is 11.0 Å². The predicted molar refractivity (Wildman–Crippen MR) is 56.5 cm³/mol. The van der Waals surface area contributed by atoms with Gasteiger partial charge in [-0.05, 0) is 23.6 Å². The van der Waals surface area contributed by atoms with Crippen molar-refractivity contribution in [3.63, 3.8) is 0 Å². The maximum atomic E-state index is 11.0. The number of nitrogens with one attached hydrogen (secondary N) is 1. The fourth-order valence-corrected chi connectivity index (χ4v) is 1.37. The molecule has 1 N–H and O–H groups in total. The molecule has 2 aromatic heterocycles. The van der Waals surface area contributed by atoms with Gasteiger partial charge in [0, 0.05) is 17.6 Å². The van der Waals surface area contributed by atoms with E-state index in [-0.39, 0.29) is 5.56 Å². The molecule has 2 aromatic rings. The van der Waals surface area contributed by atoms with Crippen LogP contribution < -0.4 is 5.56 Å². The zero-order valence-corrected chi connectivity index (χ0v) is 8.24. The molecule has 0 atom stereocenters. The van der Waals surface area contributed by atoms with Crippen molar-refractivity contribution in [3.05, 3.63) is 40.3 Å². The maximum absolute atomic E-state index is 11.0. The Morgan fingerprint density at radius 2 is 2.14 bits per heavy atom. The van der Waals surface area contributed by atoms with Crippen LogP contribution in [-0.4, -0.2) is 9.97 Å². The summed E-state index contributed by atoms with van der Waals surface area (Å²) in [6, 6.07) is 5.38. The van der Waals surface area contributed by atoms with E-state index < -0.39 is 0 Å². The second kappa shape index (κ2) is 3.25. The lowest BCUT2D eigenvalue weighted by Gasteiger charge is -2.05. The molecule has 3 nitrogen and oxygen atoms in total. The van der Waals surface area contributed by atoms with E-state index in [4.69, 9.17) is 0 Å². The third kappa shape index (κ3) is 1.53. The van der Waals surface area contributed by atoms with E-state index in [1.165, 1.54) is 11.6 Å². The maximum Gasteiger partial charge on any atom is 0.249 e. The van der Waals surface area contributed by atoms with Gasteiger partial charge in [0.05, 0.1) is 0 Å². The number of aromatic nitrogens is 2. The average Bonchev–Trinajstić information content (AvgIpc) is 2.16. The first kappa shape index (κ1) is 8.94. The largest absolute Gasteiger partial charge is 0.307 e. The van der Waals surface area contributed by atoms with Crippen LogP contribution in [0.3, 0.4) is 0 Å². The molecule has 14 heavy (non-hydrogen) atoms. The molecule has 0 unspecified atom stereocenters. The Labute approximate surface area is 81.8 Å². The highest BCUT2D eigenvalue weighted by Crippen LogP contribution is 2.16. The van der Waals surface area contributed by atoms with Crippen molar-refractivity contribution in [2.24, 2.45) is 0 Å². The normalized spacial score (nSPS) is 11.1. The van der Waals surface area contributed by atoms with E-state index in [0.717, 1.165) is 5.39 Å². The Morgan fingerprint density at radius 1 is 1.36 bits per heavy atom. The fraction of sp³-hybridized carbons (Fsp3) is 0.273. The van der Waals surface area contributed by atoms with Crippen molar-refractivity contribution in [1.29, 1.82) is 0 Å². The van der Waals surface area contributed by atoms with Crippen molar-refractivity contribution < 1.29 is 0 Å². The lowest BCUT2D eigenvalue weighted by molar-refractivity contribution is 0.861. The van der Waals surface area contributed by atoms with Crippen molar-refractivity contribution in [3.8, 4) is 0 Å². The van der Waals surface area contributed by atoms with Crippen molar-refractivity contribution >= 4 is 11.0 Å². The Kier molecular flexibility index (Phi) is 2.08. The lowest BCUT2D eigenvalue weighted by atomic mass is 10.0. The zero-order valence-electron chi connectivity index (χ0n) is 8.24. The van der Waals surface area contributed by atoms with Crippen LogP contribution >= 0.6 is 0 Å². The van der Waals surface area contributed by atoms with Crippen LogP contribution in [0.2, 0.25) is 0 Å². The van der Waals surface area contributed by atoms with Gasteiger partial charge in [-0.15, -0.1) is 0 Å². The number of aromatic amines is 1. The monoisotopic (exact) mass is 188 g/mol. The molecule has 0 saturated carbocycles. The third-order valence-corrected chi connectivity index (χ3v) is 2.26. The van der Waals surface area contributed by atoms with Gasteiger partial charge in [-0.3, -0.25) is 4.79 Å². The molecule has 0 amide bonds. The number of fused-ring (bicyclic) bond motifs is 1. The molecular weight excluding hydrogens is 176 g/mol. The molecule has 0 radical (unpaired) electrons. The average molecular weight is 188 g/mol. The lowest BCUT2D eigenvalue weighted by Crippen LogP contribution is -2.04. The van der Waals surface area contributed by atoms with Crippen molar-refractivity contribution in [1.82, 2.24) is 9.97 Å². The Morgan fingerprint density at radius 3 is 2.86 bits per heavy atom.